The van der Waals surface area contributed by atoms with Gasteiger partial charge in [0.2, 0.25) is 11.8 Å². The Morgan fingerprint density at radius 1 is 0.672 bits per heavy atom. The van der Waals surface area contributed by atoms with Gasteiger partial charge in [-0.1, -0.05) is 12.1 Å². The molecule has 1 aromatic carbocycles. The number of phenols is 1. The molecule has 2 N–H and O–H groups in total. The molecular formula is C44H65N3O17. The molecule has 0 spiro atoms. The van der Waals surface area contributed by atoms with E-state index in [1.807, 2.05) is 0 Å². The molecule has 6 aliphatic heterocycles. The monoisotopic (exact) mass is 907 g/mol. The number of nitrogens with zero attached hydrogens (tertiary/aromatic N) is 2. The standard InChI is InChI=1S/C44H65N3O17/c1-13-53-29(50)22-46(19-26-30-32(58-41(5,6)56-30)34-37(54-26)62-43(9,10)60-34)28(49)21-47(20-27-31-33(59-42(7,8)57-31)35-38(55-27)63-44(11,12)61-35)36(51)25(45-39(52)64-40(2,3)4)18-23-14-16-24(48)17-15-23/h14-17,25-27,30-35,37-38,48H,13,18-22H2,1-12H3,(H,45,52)/t25-,26+,27+,30-,31-,32-,33-,34+,35+,37+,38+/m0/s1. The number of hydrogen-bond donors (Lipinski definition) is 2. The maximum absolute atomic E-state index is 15.2. The topological polar surface area (TPSA) is 218 Å². The molecule has 0 saturated carbocycles. The number of rotatable bonds is 13. The second kappa shape index (κ2) is 17.8. The predicted octanol–water partition coefficient (Wildman–Crippen LogP) is 2.84. The summed E-state index contributed by atoms with van der Waals surface area (Å²) in [4.78, 5) is 59.3. The number of amides is 3. The minimum Gasteiger partial charge on any atom is -0.508 e. The Morgan fingerprint density at radius 2 is 1.12 bits per heavy atom. The van der Waals surface area contributed by atoms with Crippen molar-refractivity contribution in [1.82, 2.24) is 15.1 Å². The summed E-state index contributed by atoms with van der Waals surface area (Å²) in [6.07, 6.45) is -8.82. The summed E-state index contributed by atoms with van der Waals surface area (Å²) in [5.74, 6) is -6.25. The van der Waals surface area contributed by atoms with Crippen molar-refractivity contribution in [1.29, 1.82) is 0 Å². The Balaban J connectivity index is 1.22. The Kier molecular flexibility index (Phi) is 13.4. The fourth-order valence-electron chi connectivity index (χ4n) is 8.97. The van der Waals surface area contributed by atoms with E-state index in [4.69, 9.17) is 56.8 Å². The van der Waals surface area contributed by atoms with Crippen LogP contribution in [0.2, 0.25) is 0 Å². The van der Waals surface area contributed by atoms with E-state index in [0.717, 1.165) is 0 Å². The third-order valence-corrected chi connectivity index (χ3v) is 11.3. The van der Waals surface area contributed by atoms with Crippen molar-refractivity contribution < 1.29 is 81.1 Å². The van der Waals surface area contributed by atoms with Gasteiger partial charge < -0.3 is 77.1 Å². The van der Waals surface area contributed by atoms with Crippen LogP contribution in [0.5, 0.6) is 5.75 Å². The number of nitrogens with one attached hydrogen (secondary N) is 1. The van der Waals surface area contributed by atoms with E-state index in [1.165, 1.54) is 21.9 Å². The predicted molar refractivity (Wildman–Crippen MR) is 220 cm³/mol. The van der Waals surface area contributed by atoms with Crippen LogP contribution in [0.1, 0.15) is 88.6 Å². The molecule has 358 valence electrons. The first kappa shape index (κ1) is 48.2. The van der Waals surface area contributed by atoms with Crippen molar-refractivity contribution in [2.24, 2.45) is 0 Å². The van der Waals surface area contributed by atoms with Crippen LogP contribution in [0, 0.1) is 0 Å². The van der Waals surface area contributed by atoms with Crippen LogP contribution in [0.4, 0.5) is 4.79 Å². The molecule has 0 bridgehead atoms. The quantitative estimate of drug-likeness (QED) is 0.272. The number of ether oxygens (including phenoxy) is 12. The van der Waals surface area contributed by atoms with Crippen LogP contribution in [-0.4, -0.2) is 168 Å². The van der Waals surface area contributed by atoms with Crippen LogP contribution in [0.25, 0.3) is 0 Å². The largest absolute Gasteiger partial charge is 0.508 e. The third-order valence-electron chi connectivity index (χ3n) is 11.3. The highest BCUT2D eigenvalue weighted by Crippen LogP contribution is 2.46. The average Bonchev–Trinajstić information content (AvgIpc) is 3.87. The second-order valence-corrected chi connectivity index (χ2v) is 19.8. The number of carbonyl (C=O) groups is 4. The molecule has 20 heteroatoms. The normalized spacial score (nSPS) is 33.2. The van der Waals surface area contributed by atoms with Crippen LogP contribution in [0.3, 0.4) is 0 Å². The van der Waals surface area contributed by atoms with E-state index < -0.39 is 133 Å². The Morgan fingerprint density at radius 3 is 1.61 bits per heavy atom. The summed E-state index contributed by atoms with van der Waals surface area (Å²) in [5, 5.41) is 12.7. The zero-order valence-electron chi connectivity index (χ0n) is 38.8. The van der Waals surface area contributed by atoms with Gasteiger partial charge in [0.15, 0.2) is 35.7 Å². The van der Waals surface area contributed by atoms with Crippen LogP contribution < -0.4 is 5.32 Å². The number of carbonyl (C=O) groups excluding carboxylic acids is 4. The van der Waals surface area contributed by atoms with E-state index in [0.29, 0.717) is 5.56 Å². The molecule has 3 amide bonds. The van der Waals surface area contributed by atoms with E-state index >= 15 is 4.79 Å². The summed E-state index contributed by atoms with van der Waals surface area (Å²) in [6.45, 7) is 19.2. The van der Waals surface area contributed by atoms with Crippen LogP contribution in [0.15, 0.2) is 24.3 Å². The van der Waals surface area contributed by atoms with Crippen LogP contribution in [-0.2, 0) is 77.6 Å². The highest BCUT2D eigenvalue weighted by Gasteiger charge is 2.62. The number of aromatic hydroxyl groups is 1. The number of benzene rings is 1. The first-order valence-electron chi connectivity index (χ1n) is 21.9. The van der Waals surface area contributed by atoms with Gasteiger partial charge >= 0.3 is 12.1 Å². The molecule has 6 saturated heterocycles. The molecule has 6 heterocycles. The minimum atomic E-state index is -1.31. The van der Waals surface area contributed by atoms with Gasteiger partial charge in [-0.15, -0.1) is 0 Å². The molecule has 0 aliphatic carbocycles. The van der Waals surface area contributed by atoms with Crippen molar-refractivity contribution in [3.63, 3.8) is 0 Å². The Labute approximate surface area is 373 Å². The van der Waals surface area contributed by atoms with Gasteiger partial charge in [0.25, 0.3) is 0 Å². The summed E-state index contributed by atoms with van der Waals surface area (Å²) in [5.41, 5.74) is -0.336. The van der Waals surface area contributed by atoms with Gasteiger partial charge in [-0.25, -0.2) is 4.79 Å². The number of phenolic OH excluding ortho intramolecular Hbond substituents is 1. The van der Waals surface area contributed by atoms with Gasteiger partial charge in [0, 0.05) is 6.42 Å². The molecule has 64 heavy (non-hydrogen) atoms. The SMILES string of the molecule is CCOC(=O)CN(C[C@H]1O[C@@H]2OC(C)(C)O[C@@H]2[C@H]2OC(C)(C)O[C@H]21)C(=O)CN(C[C@H]1O[C@@H]2OC(C)(C)O[C@@H]2[C@H]2OC(C)(C)O[C@H]21)C(=O)[C@H](Cc1ccc(O)cc1)NC(=O)OC(C)(C)C. The zero-order valence-corrected chi connectivity index (χ0v) is 38.8. The van der Waals surface area contributed by atoms with Gasteiger partial charge in [-0.2, -0.15) is 0 Å². The van der Waals surface area contributed by atoms with Crippen molar-refractivity contribution in [2.45, 2.75) is 186 Å². The van der Waals surface area contributed by atoms with Gasteiger partial charge in [0.05, 0.1) is 26.2 Å². The summed E-state index contributed by atoms with van der Waals surface area (Å²) >= 11 is 0. The van der Waals surface area contributed by atoms with Crippen molar-refractivity contribution in [3.05, 3.63) is 29.8 Å². The van der Waals surface area contributed by atoms with Gasteiger partial charge in [0.1, 0.15) is 72.8 Å². The molecule has 11 atom stereocenters. The van der Waals surface area contributed by atoms with E-state index in [1.54, 1.807) is 95.2 Å². The van der Waals surface area contributed by atoms with E-state index in [2.05, 4.69) is 5.32 Å². The van der Waals surface area contributed by atoms with Crippen LogP contribution >= 0.6 is 0 Å². The highest BCUT2D eigenvalue weighted by molar-refractivity contribution is 5.91. The van der Waals surface area contributed by atoms with Crippen molar-refractivity contribution in [3.8, 4) is 5.75 Å². The molecule has 6 aliphatic rings. The zero-order chi connectivity index (χ0) is 46.7. The molecule has 0 radical (unpaired) electrons. The Bertz CT molecular complexity index is 1880. The lowest BCUT2D eigenvalue weighted by Gasteiger charge is -2.41. The lowest BCUT2D eigenvalue weighted by atomic mass is 9.97. The number of hydrogen-bond acceptors (Lipinski definition) is 17. The maximum Gasteiger partial charge on any atom is 0.408 e. The molecule has 6 fully saturated rings. The lowest BCUT2D eigenvalue weighted by Crippen LogP contribution is -2.61. The molecule has 1 aromatic rings. The lowest BCUT2D eigenvalue weighted by molar-refractivity contribution is -0.237. The smallest absolute Gasteiger partial charge is 0.408 e. The molecule has 0 aromatic heterocycles. The first-order valence-corrected chi connectivity index (χ1v) is 21.9. The fourth-order valence-corrected chi connectivity index (χ4v) is 8.97. The number of fused-ring (bicyclic) bond motifs is 6. The summed E-state index contributed by atoms with van der Waals surface area (Å²) in [7, 11) is 0. The molecule has 0 unspecified atom stereocenters. The van der Waals surface area contributed by atoms with Gasteiger partial charge in [-0.05, 0) is 101 Å². The minimum absolute atomic E-state index is 0.00333. The Hall–Kier alpha value is -3.70. The fraction of sp³-hybridized carbons (Fsp3) is 0.773. The summed E-state index contributed by atoms with van der Waals surface area (Å²) < 4.78 is 73.8. The molecular weight excluding hydrogens is 842 g/mol. The van der Waals surface area contributed by atoms with E-state index in [9.17, 15) is 19.5 Å². The molecule has 20 nitrogen and oxygen atoms in total. The average molecular weight is 908 g/mol. The number of esters is 1. The first-order chi connectivity index (χ1) is 29.7. The number of alkyl carbamates (subject to hydrolysis) is 1. The maximum atomic E-state index is 15.2. The third kappa shape index (κ3) is 11.3. The van der Waals surface area contributed by atoms with Crippen molar-refractivity contribution in [2.75, 3.05) is 32.8 Å². The van der Waals surface area contributed by atoms with Gasteiger partial charge in [-0.3, -0.25) is 14.4 Å². The summed E-state index contributed by atoms with van der Waals surface area (Å²) in [6, 6.07) is 4.83. The highest BCUT2D eigenvalue weighted by atomic mass is 16.9. The van der Waals surface area contributed by atoms with Crippen molar-refractivity contribution >= 4 is 23.9 Å². The second-order valence-electron chi connectivity index (χ2n) is 19.8. The molecule has 7 rings (SSSR count). The van der Waals surface area contributed by atoms with E-state index in [-0.39, 0.29) is 31.9 Å².